The predicted octanol–water partition coefficient (Wildman–Crippen LogP) is 1.46. The van der Waals surface area contributed by atoms with Crippen molar-refractivity contribution in [1.29, 1.82) is 0 Å². The van der Waals surface area contributed by atoms with Gasteiger partial charge in [-0.1, -0.05) is 19.8 Å². The van der Waals surface area contributed by atoms with Gasteiger partial charge in [0.2, 0.25) is 0 Å². The van der Waals surface area contributed by atoms with Crippen LogP contribution in [0.4, 0.5) is 0 Å². The van der Waals surface area contributed by atoms with Gasteiger partial charge in [0, 0.05) is 19.6 Å². The van der Waals surface area contributed by atoms with E-state index in [9.17, 15) is 8.42 Å². The maximum atomic E-state index is 12.1. The lowest BCUT2D eigenvalue weighted by atomic mass is 9.84. The molecule has 0 bridgehead atoms. The molecule has 1 saturated carbocycles. The van der Waals surface area contributed by atoms with Gasteiger partial charge in [0.05, 0.1) is 0 Å². The van der Waals surface area contributed by atoms with Gasteiger partial charge in [-0.2, -0.15) is 17.4 Å². The zero-order valence-corrected chi connectivity index (χ0v) is 13.1. The van der Waals surface area contributed by atoms with Crippen molar-refractivity contribution in [3.05, 3.63) is 0 Å². The highest BCUT2D eigenvalue weighted by Crippen LogP contribution is 2.28. The summed E-state index contributed by atoms with van der Waals surface area (Å²) in [6.45, 7) is 3.21. The Morgan fingerprint density at radius 3 is 2.42 bits per heavy atom. The molecule has 3 N–H and O–H groups in total. The maximum absolute atomic E-state index is 12.1. The summed E-state index contributed by atoms with van der Waals surface area (Å²) in [5, 5.41) is 0. The van der Waals surface area contributed by atoms with Crippen molar-refractivity contribution in [3.63, 3.8) is 0 Å². The Bertz CT molecular complexity index is 338. The molecular formula is C13H29N3O2S. The lowest BCUT2D eigenvalue weighted by Gasteiger charge is -2.30. The number of nitrogens with zero attached hydrogens (tertiary/aromatic N) is 1. The molecular weight excluding hydrogens is 262 g/mol. The van der Waals surface area contributed by atoms with E-state index in [1.165, 1.54) is 17.1 Å². The Balaban J connectivity index is 2.38. The molecule has 1 aliphatic carbocycles. The summed E-state index contributed by atoms with van der Waals surface area (Å²) in [6, 6.07) is 0.110. The fraction of sp³-hybridized carbons (Fsp3) is 1.00. The third-order valence-corrected chi connectivity index (χ3v) is 5.58. The van der Waals surface area contributed by atoms with Gasteiger partial charge in [0.25, 0.3) is 10.2 Å². The number of nitrogens with two attached hydrogens (primary N) is 1. The molecule has 6 heteroatoms. The van der Waals surface area contributed by atoms with Gasteiger partial charge >= 0.3 is 0 Å². The minimum absolute atomic E-state index is 0.110. The summed E-state index contributed by atoms with van der Waals surface area (Å²) in [5.74, 6) is 0.792. The highest BCUT2D eigenvalue weighted by atomic mass is 32.2. The molecule has 0 radical (unpaired) electrons. The van der Waals surface area contributed by atoms with Crippen molar-refractivity contribution in [2.24, 2.45) is 11.7 Å². The Hall–Kier alpha value is -0.170. The average Bonchev–Trinajstić information content (AvgIpc) is 2.38. The summed E-state index contributed by atoms with van der Waals surface area (Å²) in [4.78, 5) is 0. The molecule has 0 unspecified atom stereocenters. The predicted molar refractivity (Wildman–Crippen MR) is 79.0 cm³/mol. The maximum Gasteiger partial charge on any atom is 0.279 e. The van der Waals surface area contributed by atoms with Gasteiger partial charge in [-0.3, -0.25) is 0 Å². The van der Waals surface area contributed by atoms with Crippen molar-refractivity contribution < 1.29 is 8.42 Å². The van der Waals surface area contributed by atoms with Crippen LogP contribution in [0.1, 0.15) is 51.9 Å². The van der Waals surface area contributed by atoms with Crippen molar-refractivity contribution in [2.45, 2.75) is 57.9 Å². The van der Waals surface area contributed by atoms with E-state index in [-0.39, 0.29) is 6.04 Å². The largest absolute Gasteiger partial charge is 0.330 e. The minimum atomic E-state index is -3.33. The first-order chi connectivity index (χ1) is 8.99. The topological polar surface area (TPSA) is 75.4 Å². The molecule has 0 spiro atoms. The van der Waals surface area contributed by atoms with E-state index in [2.05, 4.69) is 11.6 Å². The zero-order chi connectivity index (χ0) is 14.3. The van der Waals surface area contributed by atoms with Crippen molar-refractivity contribution >= 4 is 10.2 Å². The summed E-state index contributed by atoms with van der Waals surface area (Å²) >= 11 is 0. The molecule has 0 saturated heterocycles. The normalized spacial score (nSPS) is 24.8. The first-order valence-electron chi connectivity index (χ1n) is 7.43. The van der Waals surface area contributed by atoms with E-state index in [0.29, 0.717) is 19.5 Å². The highest BCUT2D eigenvalue weighted by Gasteiger charge is 2.26. The summed E-state index contributed by atoms with van der Waals surface area (Å²) in [5.41, 5.74) is 5.41. The molecule has 1 aliphatic rings. The van der Waals surface area contributed by atoms with Crippen LogP contribution in [0.25, 0.3) is 0 Å². The Kier molecular flexibility index (Phi) is 7.28. The fourth-order valence-corrected chi connectivity index (χ4v) is 3.92. The Morgan fingerprint density at radius 2 is 1.89 bits per heavy atom. The van der Waals surface area contributed by atoms with Crippen LogP contribution in [0.3, 0.4) is 0 Å². The van der Waals surface area contributed by atoms with Crippen LogP contribution >= 0.6 is 0 Å². The first kappa shape index (κ1) is 16.9. The standard InChI is InChI=1S/C13H29N3O2S/c1-3-5-12-6-8-13(9-7-12)15-19(17,18)16(2)11-4-10-14/h12-13,15H,3-11,14H2,1-2H3. The van der Waals surface area contributed by atoms with Crippen LogP contribution in [-0.4, -0.2) is 38.9 Å². The number of hydrogen-bond acceptors (Lipinski definition) is 3. The fourth-order valence-electron chi connectivity index (χ4n) is 2.71. The second-order valence-electron chi connectivity index (χ2n) is 5.59. The highest BCUT2D eigenvalue weighted by molar-refractivity contribution is 7.87. The van der Waals surface area contributed by atoms with Gasteiger partial charge < -0.3 is 5.73 Å². The third kappa shape index (κ3) is 5.77. The third-order valence-electron chi connectivity index (χ3n) is 3.95. The molecule has 1 rings (SSSR count). The molecule has 1 fully saturated rings. The van der Waals surface area contributed by atoms with Crippen LogP contribution < -0.4 is 10.5 Å². The molecule has 0 aromatic rings. The Labute approximate surface area is 118 Å². The monoisotopic (exact) mass is 291 g/mol. The molecule has 0 heterocycles. The second-order valence-corrected chi connectivity index (χ2v) is 7.40. The van der Waals surface area contributed by atoms with Crippen molar-refractivity contribution in [3.8, 4) is 0 Å². The molecule has 5 nitrogen and oxygen atoms in total. The van der Waals surface area contributed by atoms with Gasteiger partial charge in [-0.25, -0.2) is 0 Å². The van der Waals surface area contributed by atoms with Crippen LogP contribution in [0.5, 0.6) is 0 Å². The first-order valence-corrected chi connectivity index (χ1v) is 8.87. The molecule has 114 valence electrons. The van der Waals surface area contributed by atoms with Gasteiger partial charge in [-0.05, 0) is 44.6 Å². The van der Waals surface area contributed by atoms with Crippen LogP contribution in [0, 0.1) is 5.92 Å². The van der Waals surface area contributed by atoms with Crippen molar-refractivity contribution in [2.75, 3.05) is 20.1 Å². The van der Waals surface area contributed by atoms with Crippen LogP contribution in [0.2, 0.25) is 0 Å². The molecule has 0 aromatic carbocycles. The van der Waals surface area contributed by atoms with Crippen molar-refractivity contribution in [1.82, 2.24) is 9.03 Å². The van der Waals surface area contributed by atoms with E-state index >= 15 is 0 Å². The molecule has 0 aromatic heterocycles. The SMILES string of the molecule is CCCC1CCC(NS(=O)(=O)N(C)CCCN)CC1. The van der Waals surface area contributed by atoms with Gasteiger partial charge in [-0.15, -0.1) is 0 Å². The second kappa shape index (κ2) is 8.19. The van der Waals surface area contributed by atoms with Crippen LogP contribution in [-0.2, 0) is 10.2 Å². The molecule has 0 amide bonds. The van der Waals surface area contributed by atoms with E-state index in [4.69, 9.17) is 5.73 Å². The van der Waals surface area contributed by atoms with Crippen LogP contribution in [0.15, 0.2) is 0 Å². The summed E-state index contributed by atoms with van der Waals surface area (Å²) in [7, 11) is -1.72. The van der Waals surface area contributed by atoms with E-state index in [0.717, 1.165) is 31.6 Å². The molecule has 0 atom stereocenters. The van der Waals surface area contributed by atoms with E-state index in [1.807, 2.05) is 0 Å². The smallest absolute Gasteiger partial charge is 0.279 e. The van der Waals surface area contributed by atoms with Gasteiger partial charge in [0.1, 0.15) is 0 Å². The van der Waals surface area contributed by atoms with E-state index < -0.39 is 10.2 Å². The summed E-state index contributed by atoms with van der Waals surface area (Å²) < 4.78 is 28.4. The molecule has 0 aliphatic heterocycles. The minimum Gasteiger partial charge on any atom is -0.330 e. The summed E-state index contributed by atoms with van der Waals surface area (Å²) in [6.07, 6.45) is 7.42. The lowest BCUT2D eigenvalue weighted by molar-refractivity contribution is 0.293. The number of hydrogen-bond donors (Lipinski definition) is 2. The Morgan fingerprint density at radius 1 is 1.26 bits per heavy atom. The van der Waals surface area contributed by atoms with Gasteiger partial charge in [0.15, 0.2) is 0 Å². The molecule has 19 heavy (non-hydrogen) atoms. The van der Waals surface area contributed by atoms with E-state index in [1.54, 1.807) is 7.05 Å². The number of nitrogens with one attached hydrogen (secondary N) is 1. The lowest BCUT2D eigenvalue weighted by Crippen LogP contribution is -2.45. The average molecular weight is 291 g/mol. The quantitative estimate of drug-likeness (QED) is 0.711. The number of rotatable bonds is 8. The zero-order valence-electron chi connectivity index (χ0n) is 12.3.